The molecule has 0 aliphatic heterocycles. The molecule has 5 heteroatoms. The fraction of sp³-hybridized carbons (Fsp3) is 0.643. The van der Waals surface area contributed by atoms with Crippen LogP contribution in [0.2, 0.25) is 0 Å². The van der Waals surface area contributed by atoms with Gasteiger partial charge in [0, 0.05) is 31.9 Å². The molecule has 0 saturated carbocycles. The second kappa shape index (κ2) is 7.19. The van der Waals surface area contributed by atoms with Crippen molar-refractivity contribution >= 4 is 11.6 Å². The molecule has 1 rings (SSSR count). The molecule has 0 spiro atoms. The molecule has 0 aliphatic carbocycles. The van der Waals surface area contributed by atoms with Crippen LogP contribution in [0.3, 0.4) is 0 Å². The lowest BCUT2D eigenvalue weighted by atomic mass is 10.3. The molecular weight excluding hydrogens is 240 g/mol. The zero-order valence-electron chi connectivity index (χ0n) is 12.4. The number of nitrogens with one attached hydrogen (secondary N) is 1. The summed E-state index contributed by atoms with van der Waals surface area (Å²) in [4.78, 5) is 14.3. The van der Waals surface area contributed by atoms with Gasteiger partial charge in [0.25, 0.3) is 5.91 Å². The Morgan fingerprint density at radius 2 is 2.21 bits per heavy atom. The lowest BCUT2D eigenvalue weighted by Crippen LogP contribution is -2.36. The third-order valence-corrected chi connectivity index (χ3v) is 3.25. The van der Waals surface area contributed by atoms with Gasteiger partial charge in [-0.25, -0.2) is 0 Å². The summed E-state index contributed by atoms with van der Waals surface area (Å²) in [5.41, 5.74) is 7.04. The van der Waals surface area contributed by atoms with E-state index in [0.717, 1.165) is 19.5 Å². The average molecular weight is 266 g/mol. The maximum absolute atomic E-state index is 12.1. The minimum atomic E-state index is -0.0534. The second-order valence-corrected chi connectivity index (χ2v) is 5.18. The standard InChI is InChI=1S/C14H26N4O/c1-5-7-18-10-12(15)9-13(18)14(19)16-6-8-17(4)11(2)3/h9-11H,5-8,15H2,1-4H3,(H,16,19). The van der Waals surface area contributed by atoms with Crippen molar-refractivity contribution in [1.29, 1.82) is 0 Å². The predicted molar refractivity (Wildman–Crippen MR) is 79.2 cm³/mol. The van der Waals surface area contributed by atoms with Crippen LogP contribution in [-0.4, -0.2) is 41.6 Å². The molecule has 1 aromatic rings. The molecule has 0 unspecified atom stereocenters. The number of carbonyl (C=O) groups excluding carboxylic acids is 1. The van der Waals surface area contributed by atoms with Gasteiger partial charge >= 0.3 is 0 Å². The van der Waals surface area contributed by atoms with E-state index in [1.165, 1.54) is 0 Å². The molecule has 0 saturated heterocycles. The van der Waals surface area contributed by atoms with Gasteiger partial charge in [0.1, 0.15) is 5.69 Å². The van der Waals surface area contributed by atoms with Crippen LogP contribution in [0.25, 0.3) is 0 Å². The highest BCUT2D eigenvalue weighted by molar-refractivity contribution is 5.93. The number of nitrogens with zero attached hydrogens (tertiary/aromatic N) is 2. The van der Waals surface area contributed by atoms with E-state index in [2.05, 4.69) is 38.0 Å². The van der Waals surface area contributed by atoms with Crippen molar-refractivity contribution in [2.45, 2.75) is 39.8 Å². The van der Waals surface area contributed by atoms with Crippen LogP contribution in [-0.2, 0) is 6.54 Å². The Morgan fingerprint density at radius 3 is 2.79 bits per heavy atom. The summed E-state index contributed by atoms with van der Waals surface area (Å²) < 4.78 is 1.91. The summed E-state index contributed by atoms with van der Waals surface area (Å²) in [5, 5.41) is 2.94. The third kappa shape index (κ3) is 4.59. The van der Waals surface area contributed by atoms with E-state index in [-0.39, 0.29) is 5.91 Å². The van der Waals surface area contributed by atoms with Gasteiger partial charge < -0.3 is 20.5 Å². The van der Waals surface area contributed by atoms with Crippen LogP contribution in [0.1, 0.15) is 37.7 Å². The Kier molecular flexibility index (Phi) is 5.89. The summed E-state index contributed by atoms with van der Waals surface area (Å²) in [7, 11) is 2.05. The van der Waals surface area contributed by atoms with Crippen molar-refractivity contribution in [1.82, 2.24) is 14.8 Å². The van der Waals surface area contributed by atoms with Gasteiger partial charge in [0.05, 0.1) is 5.69 Å². The molecule has 1 aromatic heterocycles. The van der Waals surface area contributed by atoms with Crippen molar-refractivity contribution in [2.24, 2.45) is 0 Å². The van der Waals surface area contributed by atoms with E-state index in [1.807, 2.05) is 10.8 Å². The zero-order chi connectivity index (χ0) is 14.4. The molecule has 19 heavy (non-hydrogen) atoms. The van der Waals surface area contributed by atoms with Gasteiger partial charge in [-0.05, 0) is 33.4 Å². The number of hydrogen-bond donors (Lipinski definition) is 2. The Morgan fingerprint density at radius 1 is 1.53 bits per heavy atom. The Hall–Kier alpha value is -1.49. The van der Waals surface area contributed by atoms with Crippen molar-refractivity contribution in [3.05, 3.63) is 18.0 Å². The van der Waals surface area contributed by atoms with Gasteiger partial charge in [-0.2, -0.15) is 0 Å². The maximum Gasteiger partial charge on any atom is 0.268 e. The summed E-state index contributed by atoms with van der Waals surface area (Å²) in [6, 6.07) is 2.22. The van der Waals surface area contributed by atoms with Gasteiger partial charge in [0.2, 0.25) is 0 Å². The minimum absolute atomic E-state index is 0.0534. The Labute approximate surface area is 115 Å². The number of nitrogens with two attached hydrogens (primary N) is 1. The highest BCUT2D eigenvalue weighted by Gasteiger charge is 2.12. The van der Waals surface area contributed by atoms with Crippen LogP contribution in [0.4, 0.5) is 5.69 Å². The number of aromatic nitrogens is 1. The predicted octanol–water partition coefficient (Wildman–Crippen LogP) is 1.55. The molecule has 5 nitrogen and oxygen atoms in total. The molecule has 108 valence electrons. The first-order chi connectivity index (χ1) is 8.95. The molecule has 0 fully saturated rings. The molecule has 0 aliphatic rings. The van der Waals surface area contributed by atoms with Crippen molar-refractivity contribution < 1.29 is 4.79 Å². The maximum atomic E-state index is 12.1. The summed E-state index contributed by atoms with van der Waals surface area (Å²) in [5.74, 6) is -0.0534. The van der Waals surface area contributed by atoms with Crippen LogP contribution in [0.15, 0.2) is 12.3 Å². The number of hydrogen-bond acceptors (Lipinski definition) is 3. The fourth-order valence-corrected chi connectivity index (χ4v) is 1.84. The monoisotopic (exact) mass is 266 g/mol. The highest BCUT2D eigenvalue weighted by atomic mass is 16.1. The Balaban J connectivity index is 2.53. The number of nitrogen functional groups attached to an aromatic ring is 1. The van der Waals surface area contributed by atoms with Gasteiger partial charge in [-0.1, -0.05) is 6.92 Å². The fourth-order valence-electron chi connectivity index (χ4n) is 1.84. The summed E-state index contributed by atoms with van der Waals surface area (Å²) in [6.07, 6.45) is 2.79. The molecular formula is C14H26N4O. The number of aryl methyl sites for hydroxylation is 1. The van der Waals surface area contributed by atoms with Gasteiger partial charge in [-0.15, -0.1) is 0 Å². The summed E-state index contributed by atoms with van der Waals surface area (Å²) >= 11 is 0. The van der Waals surface area contributed by atoms with E-state index >= 15 is 0 Å². The molecule has 1 amide bonds. The van der Waals surface area contributed by atoms with Crippen LogP contribution in [0, 0.1) is 0 Å². The lowest BCUT2D eigenvalue weighted by molar-refractivity contribution is 0.0938. The van der Waals surface area contributed by atoms with Crippen LogP contribution < -0.4 is 11.1 Å². The summed E-state index contributed by atoms with van der Waals surface area (Å²) in [6.45, 7) is 8.64. The largest absolute Gasteiger partial charge is 0.397 e. The van der Waals surface area contributed by atoms with E-state index < -0.39 is 0 Å². The van der Waals surface area contributed by atoms with E-state index in [9.17, 15) is 4.79 Å². The van der Waals surface area contributed by atoms with Crippen LogP contribution in [0.5, 0.6) is 0 Å². The minimum Gasteiger partial charge on any atom is -0.397 e. The molecule has 0 bridgehead atoms. The first-order valence-corrected chi connectivity index (χ1v) is 6.89. The normalized spacial score (nSPS) is 11.3. The number of anilines is 1. The van der Waals surface area contributed by atoms with Crippen LogP contribution >= 0.6 is 0 Å². The van der Waals surface area contributed by atoms with E-state index in [1.54, 1.807) is 6.07 Å². The van der Waals surface area contributed by atoms with Crippen molar-refractivity contribution in [3.8, 4) is 0 Å². The number of amides is 1. The Bertz CT molecular complexity index is 412. The van der Waals surface area contributed by atoms with Crippen molar-refractivity contribution in [2.75, 3.05) is 25.9 Å². The lowest BCUT2D eigenvalue weighted by Gasteiger charge is -2.20. The highest BCUT2D eigenvalue weighted by Crippen LogP contribution is 2.11. The average Bonchev–Trinajstić information content (AvgIpc) is 2.70. The second-order valence-electron chi connectivity index (χ2n) is 5.18. The molecule has 0 radical (unpaired) electrons. The first-order valence-electron chi connectivity index (χ1n) is 6.89. The number of rotatable bonds is 7. The quantitative estimate of drug-likeness (QED) is 0.787. The molecule has 0 aromatic carbocycles. The van der Waals surface area contributed by atoms with Gasteiger partial charge in [-0.3, -0.25) is 4.79 Å². The first kappa shape index (κ1) is 15.6. The van der Waals surface area contributed by atoms with E-state index in [4.69, 9.17) is 5.73 Å². The van der Waals surface area contributed by atoms with Crippen molar-refractivity contribution in [3.63, 3.8) is 0 Å². The third-order valence-electron chi connectivity index (χ3n) is 3.25. The molecule has 3 N–H and O–H groups in total. The van der Waals surface area contributed by atoms with Gasteiger partial charge in [0.15, 0.2) is 0 Å². The zero-order valence-corrected chi connectivity index (χ0v) is 12.4. The topological polar surface area (TPSA) is 63.3 Å². The number of carbonyl (C=O) groups is 1. The SMILES string of the molecule is CCCn1cc(N)cc1C(=O)NCCN(C)C(C)C. The smallest absolute Gasteiger partial charge is 0.268 e. The number of likely N-dealkylation sites (N-methyl/N-ethyl adjacent to an activating group) is 1. The molecule has 1 heterocycles. The molecule has 0 atom stereocenters. The van der Waals surface area contributed by atoms with E-state index in [0.29, 0.717) is 24.0 Å².